The van der Waals surface area contributed by atoms with E-state index in [1.165, 1.54) is 0 Å². The molecule has 46 heavy (non-hydrogen) atoms. The monoisotopic (exact) mass is 637 g/mol. The van der Waals surface area contributed by atoms with E-state index in [-0.39, 0.29) is 0 Å². The maximum Gasteiger partial charge on any atom is 0.0651 e. The lowest BCUT2D eigenvalue weighted by atomic mass is 9.86. The van der Waals surface area contributed by atoms with E-state index in [2.05, 4.69) is 0 Å². The zero-order chi connectivity index (χ0) is 65.9. The highest BCUT2D eigenvalue weighted by molar-refractivity contribution is 6.10. The molecule has 0 aliphatic rings. The molecule has 6 aromatic carbocycles. The van der Waals surface area contributed by atoms with Crippen LogP contribution in [-0.4, -0.2) is 9.13 Å². The first-order valence-electron chi connectivity index (χ1n) is 33.1. The lowest BCUT2D eigenvalue weighted by Gasteiger charge is -2.19. The molecule has 226 valence electrons. The van der Waals surface area contributed by atoms with Gasteiger partial charge in [0, 0.05) is 57.6 Å². The van der Waals surface area contributed by atoms with E-state index in [1.807, 2.05) is 0 Å². The SMILES string of the molecule is [2H]c1c([2H])c(-c2c([2H])c([2H])c([2H])c(-n3c4c([2H])c([2H])c([2H])c([2H])c4c4c([2H])c(C(C([2H])([2H])[2H])(C([2H])([2H])[2H])C([2H])([2H])[2H])c([2H])c([2H])c43)c2[2H])c([2H])c(-n2c3c([2H])c([2H])c([2H])c([2H])c3c3c([2H])c(C(C([2H])([2H])[2H])(C([2H])([2H])[2H])C([2H])([2H])[2H])c([2H])c([2H])c32)c1[2H]. The normalized spacial score (nSPS) is 26.7. The number of nitrogens with zero attached hydrogens (tertiary/aromatic N) is 2. The van der Waals surface area contributed by atoms with Crippen LogP contribution < -0.4 is 0 Å². The van der Waals surface area contributed by atoms with Crippen molar-refractivity contribution >= 4 is 43.6 Å². The fourth-order valence-electron chi connectivity index (χ4n) is 4.99. The summed E-state index contributed by atoms with van der Waals surface area (Å²) in [6.07, 6.45) is 0. The Morgan fingerprint density at radius 1 is 0.413 bits per heavy atom. The van der Waals surface area contributed by atoms with Gasteiger partial charge in [-0.1, -0.05) is 114 Å². The maximum atomic E-state index is 9.82. The summed E-state index contributed by atoms with van der Waals surface area (Å²) >= 11 is 0. The van der Waals surface area contributed by atoms with Crippen molar-refractivity contribution < 1.29 is 54.8 Å². The van der Waals surface area contributed by atoms with Crippen molar-refractivity contribution in [2.45, 2.75) is 51.9 Å². The van der Waals surface area contributed by atoms with Gasteiger partial charge in [0.2, 0.25) is 0 Å². The molecule has 0 fully saturated rings. The highest BCUT2D eigenvalue weighted by Gasteiger charge is 2.20. The predicted octanol–water partition coefficient (Wildman–Crippen LogP) is 12.1. The smallest absolute Gasteiger partial charge is 0.0651 e. The number of hydrogen-bond donors (Lipinski definition) is 0. The molecule has 8 aromatic rings. The molecular weight excluding hydrogens is 556 g/mol. The molecule has 0 unspecified atom stereocenters. The first-order valence-corrected chi connectivity index (χ1v) is 13.1. The molecule has 2 heteroatoms. The van der Waals surface area contributed by atoms with Gasteiger partial charge in [-0.25, -0.2) is 0 Å². The minimum absolute atomic E-state index is 0.392. The second-order valence-corrected chi connectivity index (χ2v) is 10.0. The number of para-hydroxylation sites is 2. The lowest BCUT2D eigenvalue weighted by molar-refractivity contribution is 0.591. The van der Waals surface area contributed by atoms with E-state index in [0.29, 0.717) is 9.13 Å². The molecule has 0 radical (unpaired) electrons. The van der Waals surface area contributed by atoms with Crippen molar-refractivity contribution in [1.82, 2.24) is 9.13 Å². The summed E-state index contributed by atoms with van der Waals surface area (Å²) < 4.78 is 353. The summed E-state index contributed by atoms with van der Waals surface area (Å²) in [6.45, 7) is -25.2. The van der Waals surface area contributed by atoms with Crippen LogP contribution in [0.4, 0.5) is 0 Å². The second kappa shape index (κ2) is 10.2. The van der Waals surface area contributed by atoms with Crippen LogP contribution in [0.3, 0.4) is 0 Å². The van der Waals surface area contributed by atoms with Crippen LogP contribution in [0.15, 0.2) is 133 Å². The molecule has 0 atom stereocenters. The number of hydrogen-bond acceptors (Lipinski definition) is 0. The van der Waals surface area contributed by atoms with Crippen LogP contribution in [-0.2, 0) is 10.8 Å². The Hall–Kier alpha value is -5.08. The Labute approximate surface area is 327 Å². The summed E-state index contributed by atoms with van der Waals surface area (Å²) in [4.78, 5) is 0. The fraction of sp³-hybridized carbons (Fsp3) is 0.182. The Balaban J connectivity index is 1.65. The van der Waals surface area contributed by atoms with Crippen LogP contribution in [0, 0.1) is 0 Å². The van der Waals surface area contributed by atoms with Crippen molar-refractivity contribution in [3.05, 3.63) is 144 Å². The van der Waals surface area contributed by atoms with Crippen molar-refractivity contribution in [2.75, 3.05) is 0 Å². The van der Waals surface area contributed by atoms with E-state index in [4.69, 9.17) is 38.4 Å². The molecule has 0 amide bonds. The molecule has 2 aromatic heterocycles. The second-order valence-electron chi connectivity index (χ2n) is 10.0. The van der Waals surface area contributed by atoms with Gasteiger partial charge in [-0.15, -0.1) is 0 Å². The topological polar surface area (TPSA) is 9.86 Å². The predicted molar refractivity (Wildman–Crippen MR) is 198 cm³/mol. The minimum Gasteiger partial charge on any atom is -0.309 e. The largest absolute Gasteiger partial charge is 0.309 e. The third-order valence-electron chi connectivity index (χ3n) is 6.99. The van der Waals surface area contributed by atoms with Gasteiger partial charge in [-0.2, -0.15) is 0 Å². The van der Waals surface area contributed by atoms with Gasteiger partial charge >= 0.3 is 0 Å². The van der Waals surface area contributed by atoms with Crippen molar-refractivity contribution in [1.29, 1.82) is 0 Å². The van der Waals surface area contributed by atoms with Crippen LogP contribution in [0.1, 0.15) is 107 Å². The summed E-state index contributed by atoms with van der Waals surface area (Å²) in [6, 6.07) is -29.2. The summed E-state index contributed by atoms with van der Waals surface area (Å²) in [7, 11) is 0. The molecule has 0 saturated heterocycles. The van der Waals surface area contributed by atoms with Gasteiger partial charge in [0.05, 0.1) is 52.2 Å². The standard InChI is InChI=1S/C44H40N2/c1-43(2,3)31-21-23-41-37(27-31)35-17-7-9-19-39(35)45(41)33-15-11-13-29(25-33)30-14-12-16-34(26-30)46-40-20-10-8-18-36(40)38-28-32(44(4,5)6)22-24-42(38)46/h7-28H,1-6H3/i1D3,2D3,3D3,4D3,5D3,6D3,7D,8D,9D,10D,11D,12D,13D,14D,15D,16D,17D,18D,19D,20D,21D,22D,23D,24D,25D,26D,27D,28D. The van der Waals surface area contributed by atoms with E-state index < -0.39 is 262 Å². The Kier molecular flexibility index (Phi) is 1.87. The van der Waals surface area contributed by atoms with Crippen LogP contribution in [0.25, 0.3) is 66.1 Å². The Bertz CT molecular complexity index is 3980. The molecule has 0 aliphatic carbocycles. The van der Waals surface area contributed by atoms with E-state index in [0.717, 1.165) is 0 Å². The molecule has 0 bridgehead atoms. The highest BCUT2D eigenvalue weighted by Crippen LogP contribution is 2.38. The zero-order valence-corrected chi connectivity index (χ0v) is 22.9. The maximum absolute atomic E-state index is 9.82. The van der Waals surface area contributed by atoms with E-state index >= 15 is 0 Å². The van der Waals surface area contributed by atoms with Gasteiger partial charge in [0.25, 0.3) is 0 Å². The molecule has 2 nitrogen and oxygen atoms in total. The average Bonchev–Trinajstić information content (AvgIpc) is 1.28. The van der Waals surface area contributed by atoms with Gasteiger partial charge in [-0.05, 0) is 93.5 Å². The van der Waals surface area contributed by atoms with E-state index in [9.17, 15) is 16.4 Å². The average molecular weight is 637 g/mol. The van der Waals surface area contributed by atoms with Crippen LogP contribution in [0.2, 0.25) is 0 Å². The molecule has 2 heterocycles. The Morgan fingerprint density at radius 3 is 1.26 bits per heavy atom. The fourth-order valence-corrected chi connectivity index (χ4v) is 4.99. The van der Waals surface area contributed by atoms with E-state index in [1.54, 1.807) is 0 Å². The highest BCUT2D eigenvalue weighted by atomic mass is 15.0. The minimum atomic E-state index is -4.22. The summed E-state index contributed by atoms with van der Waals surface area (Å²) in [5.74, 6) is 0. The quantitative estimate of drug-likeness (QED) is 0.183. The Morgan fingerprint density at radius 2 is 0.826 bits per heavy atom. The van der Waals surface area contributed by atoms with Gasteiger partial charge in [0.1, 0.15) is 0 Å². The third-order valence-corrected chi connectivity index (χ3v) is 6.99. The lowest BCUT2D eigenvalue weighted by Crippen LogP contribution is -2.10. The molecule has 0 aliphatic heterocycles. The third kappa shape index (κ3) is 4.55. The van der Waals surface area contributed by atoms with Gasteiger partial charge in [0.15, 0.2) is 0 Å². The molecule has 0 spiro atoms. The molecule has 0 N–H and O–H groups in total. The number of aromatic nitrogens is 2. The summed E-state index contributed by atoms with van der Waals surface area (Å²) in [5.41, 5.74) is -20.7. The molecule has 8 rings (SSSR count). The van der Waals surface area contributed by atoms with Crippen molar-refractivity contribution in [3.63, 3.8) is 0 Å². The zero-order valence-electron chi connectivity index (χ0n) is 62.9. The molecule has 0 saturated carbocycles. The first kappa shape index (κ1) is 8.44. The van der Waals surface area contributed by atoms with Crippen LogP contribution >= 0.6 is 0 Å². The molecular formula is C44H40N2. The van der Waals surface area contributed by atoms with Gasteiger partial charge < -0.3 is 9.13 Å². The first-order chi connectivity index (χ1) is 38.8. The van der Waals surface area contributed by atoms with Crippen molar-refractivity contribution in [2.24, 2.45) is 0 Å². The number of rotatable bonds is 3. The summed E-state index contributed by atoms with van der Waals surface area (Å²) in [5, 5.41) is -4.07. The van der Waals surface area contributed by atoms with Crippen LogP contribution in [0.5, 0.6) is 0 Å². The number of fused-ring (bicyclic) bond motifs is 6. The van der Waals surface area contributed by atoms with Gasteiger partial charge in [-0.3, -0.25) is 0 Å². The number of benzene rings is 6. The van der Waals surface area contributed by atoms with Crippen molar-refractivity contribution in [3.8, 4) is 22.5 Å².